The van der Waals surface area contributed by atoms with E-state index in [9.17, 15) is 18.0 Å². The van der Waals surface area contributed by atoms with Gasteiger partial charge in [-0.3, -0.25) is 9.59 Å². The Morgan fingerprint density at radius 2 is 1.79 bits per heavy atom. The number of rotatable bonds is 5. The molecule has 3 rings (SSSR count). The summed E-state index contributed by atoms with van der Waals surface area (Å²) in [5.74, 6) is -0.349. The molecule has 28 heavy (non-hydrogen) atoms. The number of carbonyl (C=O) groups is 2. The smallest absolute Gasteiger partial charge is 0.228 e. The van der Waals surface area contributed by atoms with E-state index in [1.807, 2.05) is 24.3 Å². The summed E-state index contributed by atoms with van der Waals surface area (Å²) in [6.07, 6.45) is 3.63. The molecule has 0 aliphatic carbocycles. The van der Waals surface area contributed by atoms with Crippen LogP contribution in [0.3, 0.4) is 0 Å². The second-order valence-corrected chi connectivity index (χ2v) is 9.80. The van der Waals surface area contributed by atoms with Crippen LogP contribution in [-0.2, 0) is 26.0 Å². The van der Waals surface area contributed by atoms with E-state index >= 15 is 0 Å². The maximum Gasteiger partial charge on any atom is 0.228 e. The Morgan fingerprint density at radius 3 is 2.32 bits per heavy atom. The van der Waals surface area contributed by atoms with Crippen molar-refractivity contribution in [2.24, 2.45) is 5.92 Å². The van der Waals surface area contributed by atoms with Gasteiger partial charge < -0.3 is 9.80 Å². The van der Waals surface area contributed by atoms with Gasteiger partial charge in [0.15, 0.2) is 0 Å². The summed E-state index contributed by atoms with van der Waals surface area (Å²) >= 11 is 0. The Balaban J connectivity index is 1.59. The average molecular weight is 408 g/mol. The van der Waals surface area contributed by atoms with Crippen molar-refractivity contribution in [2.45, 2.75) is 38.6 Å². The van der Waals surface area contributed by atoms with E-state index in [1.54, 1.807) is 16.8 Å². The number of hydrogen-bond acceptors (Lipinski definition) is 4. The normalized spacial score (nSPS) is 21.6. The molecule has 1 aromatic carbocycles. The topological polar surface area (TPSA) is 78.0 Å². The highest BCUT2D eigenvalue weighted by atomic mass is 32.2. The minimum atomic E-state index is -3.23. The first-order chi connectivity index (χ1) is 13.2. The number of piperidine rings is 1. The summed E-state index contributed by atoms with van der Waals surface area (Å²) in [6, 6.07) is 7.84. The van der Waals surface area contributed by atoms with Crippen LogP contribution in [0.2, 0.25) is 0 Å². The monoisotopic (exact) mass is 407 g/mol. The van der Waals surface area contributed by atoms with Crippen molar-refractivity contribution >= 4 is 27.5 Å². The molecule has 2 aliphatic heterocycles. The Labute approximate surface area is 167 Å². The third kappa shape index (κ3) is 4.38. The average Bonchev–Trinajstić information content (AvgIpc) is 3.08. The van der Waals surface area contributed by atoms with Gasteiger partial charge in [0, 0.05) is 44.8 Å². The summed E-state index contributed by atoms with van der Waals surface area (Å²) in [6.45, 7) is 3.55. The van der Waals surface area contributed by atoms with Gasteiger partial charge in [-0.1, -0.05) is 19.1 Å². The standard InChI is InChI=1S/C20H29N3O4S/c1-4-15-5-7-18(8-6-15)23-14-16(13-19(23)24)20(25)22-11-9-17(10-12-22)21(2)28(3,26)27/h5-8,16-17H,4,9-14H2,1-3H3/t16-/m0/s1. The summed E-state index contributed by atoms with van der Waals surface area (Å²) in [4.78, 5) is 28.9. The van der Waals surface area contributed by atoms with Crippen molar-refractivity contribution in [1.29, 1.82) is 0 Å². The fourth-order valence-electron chi connectivity index (χ4n) is 4.01. The Morgan fingerprint density at radius 1 is 1.18 bits per heavy atom. The molecule has 1 aromatic rings. The molecule has 2 aliphatic rings. The van der Waals surface area contributed by atoms with Crippen molar-refractivity contribution < 1.29 is 18.0 Å². The third-order valence-electron chi connectivity index (χ3n) is 5.94. The number of anilines is 1. The fraction of sp³-hybridized carbons (Fsp3) is 0.600. The van der Waals surface area contributed by atoms with Crippen LogP contribution in [0.25, 0.3) is 0 Å². The quantitative estimate of drug-likeness (QED) is 0.741. The lowest BCUT2D eigenvalue weighted by Gasteiger charge is -2.36. The molecule has 2 fully saturated rings. The molecule has 0 unspecified atom stereocenters. The molecule has 8 heteroatoms. The minimum absolute atomic E-state index is 0.00138. The van der Waals surface area contributed by atoms with Crippen LogP contribution in [0.4, 0.5) is 5.69 Å². The van der Waals surface area contributed by atoms with Crippen LogP contribution in [0.1, 0.15) is 31.7 Å². The number of benzene rings is 1. The summed E-state index contributed by atoms with van der Waals surface area (Å²) < 4.78 is 24.8. The molecule has 0 N–H and O–H groups in total. The first-order valence-corrected chi connectivity index (χ1v) is 11.7. The van der Waals surface area contributed by atoms with E-state index in [-0.39, 0.29) is 30.2 Å². The van der Waals surface area contributed by atoms with Crippen molar-refractivity contribution in [3.8, 4) is 0 Å². The van der Waals surface area contributed by atoms with Gasteiger partial charge in [-0.05, 0) is 37.0 Å². The highest BCUT2D eigenvalue weighted by molar-refractivity contribution is 7.88. The Bertz CT molecular complexity index is 830. The first kappa shape index (κ1) is 20.8. The van der Waals surface area contributed by atoms with E-state index in [0.29, 0.717) is 32.5 Å². The molecule has 7 nitrogen and oxygen atoms in total. The Hall–Kier alpha value is -1.93. The Kier molecular flexibility index (Phi) is 6.09. The first-order valence-electron chi connectivity index (χ1n) is 9.81. The SMILES string of the molecule is CCc1ccc(N2C[C@@H](C(=O)N3CCC(N(C)S(C)(=O)=O)CC3)CC2=O)cc1. The molecular weight excluding hydrogens is 378 g/mol. The largest absolute Gasteiger partial charge is 0.342 e. The predicted molar refractivity (Wildman–Crippen MR) is 108 cm³/mol. The van der Waals surface area contributed by atoms with Gasteiger partial charge >= 0.3 is 0 Å². The van der Waals surface area contributed by atoms with Crippen molar-refractivity contribution in [3.05, 3.63) is 29.8 Å². The van der Waals surface area contributed by atoms with Gasteiger partial charge in [-0.2, -0.15) is 0 Å². The number of amides is 2. The van der Waals surface area contributed by atoms with Gasteiger partial charge in [0.05, 0.1) is 12.2 Å². The van der Waals surface area contributed by atoms with E-state index < -0.39 is 10.0 Å². The summed E-state index contributed by atoms with van der Waals surface area (Å²) in [5.41, 5.74) is 2.05. The van der Waals surface area contributed by atoms with Crippen LogP contribution in [0, 0.1) is 5.92 Å². The predicted octanol–water partition coefficient (Wildman–Crippen LogP) is 1.48. The molecule has 1 atom stereocenters. The molecule has 0 aromatic heterocycles. The minimum Gasteiger partial charge on any atom is -0.342 e. The number of carbonyl (C=O) groups excluding carboxylic acids is 2. The summed E-state index contributed by atoms with van der Waals surface area (Å²) in [7, 11) is -1.64. The molecule has 0 bridgehead atoms. The lowest BCUT2D eigenvalue weighted by atomic mass is 10.0. The zero-order valence-corrected chi connectivity index (χ0v) is 17.6. The van der Waals surface area contributed by atoms with Crippen LogP contribution in [0.15, 0.2) is 24.3 Å². The molecule has 2 saturated heterocycles. The molecule has 0 spiro atoms. The molecular formula is C20H29N3O4S. The van der Waals surface area contributed by atoms with Crippen molar-refractivity contribution in [3.63, 3.8) is 0 Å². The van der Waals surface area contributed by atoms with Crippen LogP contribution < -0.4 is 4.90 Å². The number of aryl methyl sites for hydroxylation is 1. The summed E-state index contributed by atoms with van der Waals surface area (Å²) in [5, 5.41) is 0. The third-order valence-corrected chi connectivity index (χ3v) is 7.29. The molecule has 2 heterocycles. The highest BCUT2D eigenvalue weighted by Crippen LogP contribution is 2.28. The zero-order valence-electron chi connectivity index (χ0n) is 16.8. The number of likely N-dealkylation sites (tertiary alicyclic amines) is 1. The number of sulfonamides is 1. The lowest BCUT2D eigenvalue weighted by molar-refractivity contribution is -0.137. The van der Waals surface area contributed by atoms with Crippen LogP contribution in [-0.4, -0.2) is 68.4 Å². The van der Waals surface area contributed by atoms with Gasteiger partial charge in [-0.15, -0.1) is 0 Å². The lowest BCUT2D eigenvalue weighted by Crippen LogP contribution is -2.48. The molecule has 0 saturated carbocycles. The van der Waals surface area contributed by atoms with Gasteiger partial charge in [0.2, 0.25) is 21.8 Å². The highest BCUT2D eigenvalue weighted by Gasteiger charge is 2.38. The maximum absolute atomic E-state index is 12.9. The molecule has 0 radical (unpaired) electrons. The fourth-order valence-corrected chi connectivity index (χ4v) is 4.77. The van der Waals surface area contributed by atoms with E-state index in [1.165, 1.54) is 16.1 Å². The second-order valence-electron chi connectivity index (χ2n) is 7.76. The number of nitrogens with zero attached hydrogens (tertiary/aromatic N) is 3. The van der Waals surface area contributed by atoms with Crippen molar-refractivity contribution in [2.75, 3.05) is 37.8 Å². The van der Waals surface area contributed by atoms with Crippen LogP contribution in [0.5, 0.6) is 0 Å². The molecule has 154 valence electrons. The van der Waals surface area contributed by atoms with Gasteiger partial charge in [-0.25, -0.2) is 12.7 Å². The van der Waals surface area contributed by atoms with E-state index in [0.717, 1.165) is 12.1 Å². The maximum atomic E-state index is 12.9. The van der Waals surface area contributed by atoms with Gasteiger partial charge in [0.1, 0.15) is 0 Å². The van der Waals surface area contributed by atoms with Gasteiger partial charge in [0.25, 0.3) is 0 Å². The van der Waals surface area contributed by atoms with Crippen molar-refractivity contribution in [1.82, 2.24) is 9.21 Å². The second kappa shape index (κ2) is 8.21. The van der Waals surface area contributed by atoms with E-state index in [2.05, 4.69) is 6.92 Å². The van der Waals surface area contributed by atoms with E-state index in [4.69, 9.17) is 0 Å². The molecule has 2 amide bonds. The zero-order chi connectivity index (χ0) is 20.5. The number of hydrogen-bond donors (Lipinski definition) is 0. The van der Waals surface area contributed by atoms with Crippen LogP contribution >= 0.6 is 0 Å².